The minimum Gasteiger partial charge on any atom is -0.301 e. The number of hydrogen-bond donors (Lipinski definition) is 1. The van der Waals surface area contributed by atoms with Crippen molar-refractivity contribution in [2.24, 2.45) is 0 Å². The number of rotatable bonds is 8. The fourth-order valence-electron chi connectivity index (χ4n) is 2.97. The van der Waals surface area contributed by atoms with E-state index in [0.717, 1.165) is 29.8 Å². The van der Waals surface area contributed by atoms with E-state index in [2.05, 4.69) is 20.5 Å². The molecule has 0 bridgehead atoms. The Morgan fingerprint density at radius 1 is 1.19 bits per heavy atom. The van der Waals surface area contributed by atoms with Crippen LogP contribution in [0.4, 0.5) is 5.13 Å². The summed E-state index contributed by atoms with van der Waals surface area (Å²) in [6.45, 7) is 0.611. The molecule has 1 aromatic carbocycles. The van der Waals surface area contributed by atoms with Crippen LogP contribution >= 0.6 is 11.3 Å². The second kappa shape index (κ2) is 7.96. The lowest BCUT2D eigenvalue weighted by atomic mass is 10.2. The molecule has 0 atom stereocenters. The molecular weight excluding hydrogens is 362 g/mol. The maximum atomic E-state index is 12.4. The summed E-state index contributed by atoms with van der Waals surface area (Å²) in [5.74, 6) is 0.527. The highest BCUT2D eigenvalue weighted by Gasteiger charge is 2.27. The van der Waals surface area contributed by atoms with E-state index in [1.165, 1.54) is 24.2 Å². The smallest absolute Gasteiger partial charge is 0.261 e. The summed E-state index contributed by atoms with van der Waals surface area (Å²) in [4.78, 5) is 28.7. The first-order chi connectivity index (χ1) is 13.2. The Labute approximate surface area is 160 Å². The number of benzene rings is 1. The Hall–Kier alpha value is -2.61. The molecule has 8 heteroatoms. The summed E-state index contributed by atoms with van der Waals surface area (Å²) >= 11 is 1.48. The fourth-order valence-corrected chi connectivity index (χ4v) is 3.90. The van der Waals surface area contributed by atoms with Crippen LogP contribution in [0.15, 0.2) is 35.4 Å². The predicted molar refractivity (Wildman–Crippen MR) is 105 cm³/mol. The zero-order chi connectivity index (χ0) is 18.6. The topological polar surface area (TPSA) is 89.8 Å². The van der Waals surface area contributed by atoms with Gasteiger partial charge in [0.2, 0.25) is 11.0 Å². The van der Waals surface area contributed by atoms with E-state index in [1.54, 1.807) is 17.0 Å². The van der Waals surface area contributed by atoms with Crippen molar-refractivity contribution in [3.05, 3.63) is 46.0 Å². The zero-order valence-electron chi connectivity index (χ0n) is 14.9. The highest BCUT2D eigenvalue weighted by Crippen LogP contribution is 2.42. The van der Waals surface area contributed by atoms with Crippen LogP contribution in [0.5, 0.6) is 0 Å². The molecule has 0 spiro atoms. The first kappa shape index (κ1) is 17.8. The Morgan fingerprint density at radius 3 is 2.89 bits per heavy atom. The molecule has 140 valence electrons. The number of carbonyl (C=O) groups excluding carboxylic acids is 1. The standard InChI is InChI=1S/C19H21N5O2S/c25-16(21-19-23-22-17(27-19)13-9-10-13)8-2-1-5-11-24-12-20-15-7-4-3-6-14(15)18(24)26/h3-4,6-7,12-13H,1-2,5,8-11H2,(H,21,23,25). The van der Waals surface area contributed by atoms with E-state index in [9.17, 15) is 9.59 Å². The van der Waals surface area contributed by atoms with Crippen molar-refractivity contribution in [3.8, 4) is 0 Å². The Balaban J connectivity index is 1.20. The Kier molecular flexibility index (Phi) is 5.24. The van der Waals surface area contributed by atoms with E-state index >= 15 is 0 Å². The molecule has 1 aliphatic rings. The van der Waals surface area contributed by atoms with Gasteiger partial charge in [0.1, 0.15) is 5.01 Å². The van der Waals surface area contributed by atoms with Crippen molar-refractivity contribution >= 4 is 33.3 Å². The van der Waals surface area contributed by atoms with E-state index in [1.807, 2.05) is 18.2 Å². The van der Waals surface area contributed by atoms with Crippen molar-refractivity contribution in [1.82, 2.24) is 19.7 Å². The van der Waals surface area contributed by atoms with Crippen molar-refractivity contribution in [2.45, 2.75) is 51.0 Å². The molecule has 2 heterocycles. The molecule has 1 fully saturated rings. The van der Waals surface area contributed by atoms with Crippen LogP contribution in [-0.4, -0.2) is 25.7 Å². The first-order valence-corrected chi connectivity index (χ1v) is 10.1. The number of amides is 1. The van der Waals surface area contributed by atoms with Crippen LogP contribution in [0.25, 0.3) is 10.9 Å². The highest BCUT2D eigenvalue weighted by molar-refractivity contribution is 7.15. The molecule has 2 aromatic heterocycles. The van der Waals surface area contributed by atoms with Gasteiger partial charge in [-0.2, -0.15) is 0 Å². The van der Waals surface area contributed by atoms with Gasteiger partial charge < -0.3 is 5.32 Å². The van der Waals surface area contributed by atoms with Gasteiger partial charge >= 0.3 is 0 Å². The number of nitrogens with one attached hydrogen (secondary N) is 1. The van der Waals surface area contributed by atoms with Gasteiger partial charge in [-0.3, -0.25) is 14.2 Å². The largest absolute Gasteiger partial charge is 0.301 e. The number of aryl methyl sites for hydroxylation is 1. The maximum Gasteiger partial charge on any atom is 0.261 e. The Bertz CT molecular complexity index is 1010. The van der Waals surface area contributed by atoms with Crippen molar-refractivity contribution < 1.29 is 4.79 Å². The Morgan fingerprint density at radius 2 is 2.04 bits per heavy atom. The maximum absolute atomic E-state index is 12.4. The monoisotopic (exact) mass is 383 g/mol. The third kappa shape index (κ3) is 4.39. The van der Waals surface area contributed by atoms with Gasteiger partial charge in [0.05, 0.1) is 17.2 Å². The average molecular weight is 383 g/mol. The molecule has 0 unspecified atom stereocenters. The van der Waals surface area contributed by atoms with Gasteiger partial charge in [-0.05, 0) is 37.8 Å². The molecule has 1 aliphatic carbocycles. The summed E-state index contributed by atoms with van der Waals surface area (Å²) in [6, 6.07) is 7.36. The third-order valence-electron chi connectivity index (χ3n) is 4.65. The molecule has 7 nitrogen and oxygen atoms in total. The van der Waals surface area contributed by atoms with Crippen LogP contribution in [-0.2, 0) is 11.3 Å². The molecular formula is C19H21N5O2S. The number of aromatic nitrogens is 4. The average Bonchev–Trinajstić information content (AvgIpc) is 3.43. The molecule has 1 N–H and O–H groups in total. The number of nitrogens with zero attached hydrogens (tertiary/aromatic N) is 4. The quantitative estimate of drug-likeness (QED) is 0.603. The van der Waals surface area contributed by atoms with E-state index in [-0.39, 0.29) is 11.5 Å². The lowest BCUT2D eigenvalue weighted by Gasteiger charge is -2.06. The summed E-state index contributed by atoms with van der Waals surface area (Å²) in [6.07, 6.45) is 6.88. The van der Waals surface area contributed by atoms with E-state index < -0.39 is 0 Å². The summed E-state index contributed by atoms with van der Waals surface area (Å²) in [5, 5.41) is 13.2. The van der Waals surface area contributed by atoms with Gasteiger partial charge in [0.15, 0.2) is 0 Å². The minimum absolute atomic E-state index is 0.0129. The normalized spacial score (nSPS) is 13.8. The molecule has 3 aromatic rings. The minimum atomic E-state index is -0.0296. The molecule has 27 heavy (non-hydrogen) atoms. The molecule has 0 radical (unpaired) electrons. The van der Waals surface area contributed by atoms with Crippen LogP contribution in [0.3, 0.4) is 0 Å². The van der Waals surface area contributed by atoms with Gasteiger partial charge in [-0.1, -0.05) is 29.9 Å². The second-order valence-corrected chi connectivity index (χ2v) is 7.85. The third-order valence-corrected chi connectivity index (χ3v) is 5.65. The van der Waals surface area contributed by atoms with E-state index in [4.69, 9.17) is 0 Å². The lowest BCUT2D eigenvalue weighted by Crippen LogP contribution is -2.20. The number of fused-ring (bicyclic) bond motifs is 1. The molecule has 1 saturated carbocycles. The second-order valence-electron chi connectivity index (χ2n) is 6.84. The van der Waals surface area contributed by atoms with Gasteiger partial charge in [-0.25, -0.2) is 4.98 Å². The molecule has 4 rings (SSSR count). The van der Waals surface area contributed by atoms with Crippen molar-refractivity contribution in [3.63, 3.8) is 0 Å². The SMILES string of the molecule is O=C(CCCCCn1cnc2ccccc2c1=O)Nc1nnc(C2CC2)s1. The summed E-state index contributed by atoms with van der Waals surface area (Å²) in [7, 11) is 0. The van der Waals surface area contributed by atoms with Crippen LogP contribution in [0.2, 0.25) is 0 Å². The zero-order valence-corrected chi connectivity index (χ0v) is 15.7. The molecule has 0 saturated heterocycles. The van der Waals surface area contributed by atoms with Gasteiger partial charge in [0, 0.05) is 18.9 Å². The van der Waals surface area contributed by atoms with Crippen molar-refractivity contribution in [2.75, 3.05) is 5.32 Å². The lowest BCUT2D eigenvalue weighted by molar-refractivity contribution is -0.116. The first-order valence-electron chi connectivity index (χ1n) is 9.28. The summed E-state index contributed by atoms with van der Waals surface area (Å²) in [5.41, 5.74) is 0.707. The number of hydrogen-bond acceptors (Lipinski definition) is 6. The van der Waals surface area contributed by atoms with Crippen molar-refractivity contribution in [1.29, 1.82) is 0 Å². The predicted octanol–water partition coefficient (Wildman–Crippen LogP) is 3.32. The molecule has 0 aliphatic heterocycles. The van der Waals surface area contributed by atoms with E-state index in [0.29, 0.717) is 29.4 Å². The molecule has 1 amide bonds. The number of para-hydroxylation sites is 1. The van der Waals surface area contributed by atoms with Crippen LogP contribution in [0.1, 0.15) is 49.5 Å². The fraction of sp³-hybridized carbons (Fsp3) is 0.421. The number of anilines is 1. The van der Waals surface area contributed by atoms with Crippen LogP contribution < -0.4 is 10.9 Å². The van der Waals surface area contributed by atoms with Gasteiger partial charge in [0.25, 0.3) is 5.56 Å². The number of carbonyl (C=O) groups is 1. The number of unbranched alkanes of at least 4 members (excludes halogenated alkanes) is 2. The van der Waals surface area contributed by atoms with Crippen LogP contribution in [0, 0.1) is 0 Å². The highest BCUT2D eigenvalue weighted by atomic mass is 32.1. The summed E-state index contributed by atoms with van der Waals surface area (Å²) < 4.78 is 1.64. The van der Waals surface area contributed by atoms with Gasteiger partial charge in [-0.15, -0.1) is 10.2 Å².